The number of thiophene rings is 2. The number of hydrogen-bond acceptors (Lipinski definition) is 6. The molecule has 0 aliphatic rings. The van der Waals surface area contributed by atoms with Gasteiger partial charge in [-0.1, -0.05) is 69.1 Å². The van der Waals surface area contributed by atoms with Crippen molar-refractivity contribution in [2.45, 2.75) is 58.8 Å². The second-order valence-corrected chi connectivity index (χ2v) is 11.8. The molecule has 0 radical (unpaired) electrons. The van der Waals surface area contributed by atoms with Crippen LogP contribution in [0.5, 0.6) is 0 Å². The summed E-state index contributed by atoms with van der Waals surface area (Å²) in [6.45, 7) is 6.95. The monoisotopic (exact) mass is 600 g/mol. The van der Waals surface area contributed by atoms with Crippen LogP contribution in [-0.2, 0) is 27.1 Å². The topological polar surface area (TPSA) is 151 Å². The molecule has 39 heavy (non-hydrogen) atoms. The van der Waals surface area contributed by atoms with Crippen molar-refractivity contribution in [3.05, 3.63) is 101 Å². The smallest absolute Gasteiger partial charge is 0.373 e. The van der Waals surface area contributed by atoms with Crippen LogP contribution in [0, 0.1) is 18.8 Å². The fraction of sp³-hybridized carbons (Fsp3) is 0.462. The number of hydrogen-bond donors (Lipinski definition) is 0. The van der Waals surface area contributed by atoms with E-state index in [-0.39, 0.29) is 54.4 Å². The Morgan fingerprint density at radius 3 is 1.79 bits per heavy atom. The summed E-state index contributed by atoms with van der Waals surface area (Å²) in [4.78, 5) is 7.14. The van der Waals surface area contributed by atoms with Gasteiger partial charge in [0.2, 0.25) is 0 Å². The summed E-state index contributed by atoms with van der Waals surface area (Å²) < 4.78 is 29.5. The first-order chi connectivity index (χ1) is 17.8. The van der Waals surface area contributed by atoms with Gasteiger partial charge in [0, 0.05) is 21.2 Å². The van der Waals surface area contributed by atoms with Crippen molar-refractivity contribution in [1.29, 1.82) is 0 Å². The average Bonchev–Trinajstić information content (AvgIpc) is 3.60. The molecule has 3 aromatic rings. The van der Waals surface area contributed by atoms with Crippen molar-refractivity contribution in [3.63, 3.8) is 0 Å². The molecule has 2 aromatic heterocycles. The van der Waals surface area contributed by atoms with Crippen LogP contribution in [0.4, 0.5) is 0 Å². The Kier molecular flexibility index (Phi) is 23.1. The third-order valence-electron chi connectivity index (χ3n) is 5.47. The Hall–Kier alpha value is -1.85. The van der Waals surface area contributed by atoms with Crippen LogP contribution in [-0.4, -0.2) is 21.6 Å². The molecule has 0 N–H and O–H groups in total. The molecule has 2 atom stereocenters. The van der Waals surface area contributed by atoms with Gasteiger partial charge in [-0.15, -0.1) is 22.7 Å². The normalized spacial score (nSPS) is 11.4. The van der Waals surface area contributed by atoms with Gasteiger partial charge in [0.1, 0.15) is 0 Å². The van der Waals surface area contributed by atoms with E-state index in [9.17, 15) is 8.42 Å². The van der Waals surface area contributed by atoms with Crippen LogP contribution in [0.25, 0.3) is 26.4 Å². The van der Waals surface area contributed by atoms with Crippen molar-refractivity contribution in [2.75, 3.05) is 13.2 Å². The minimum absolute atomic E-state index is 0. The predicted octanol–water partition coefficient (Wildman–Crippen LogP) is 6.16. The molecule has 0 fully saturated rings. The zero-order valence-corrected chi connectivity index (χ0v) is 26.8. The van der Waals surface area contributed by atoms with Gasteiger partial charge in [0.05, 0.1) is 11.5 Å². The van der Waals surface area contributed by atoms with Crippen molar-refractivity contribution in [3.8, 4) is 0 Å². The van der Waals surface area contributed by atoms with E-state index in [1.54, 1.807) is 46.9 Å². The summed E-state index contributed by atoms with van der Waals surface area (Å²) in [7, 11) is -3.66. The fourth-order valence-corrected chi connectivity index (χ4v) is 5.82. The van der Waals surface area contributed by atoms with Crippen molar-refractivity contribution in [1.82, 2.24) is 0 Å². The summed E-state index contributed by atoms with van der Waals surface area (Å²) in [5.74, 6) is 0.707. The Morgan fingerprint density at radius 1 is 0.897 bits per heavy atom. The van der Waals surface area contributed by atoms with E-state index in [1.807, 2.05) is 18.4 Å². The molecule has 13 heteroatoms. The van der Waals surface area contributed by atoms with Gasteiger partial charge in [0.25, 0.3) is 10.1 Å². The van der Waals surface area contributed by atoms with Crippen LogP contribution in [0.1, 0.15) is 49.4 Å². The van der Waals surface area contributed by atoms with Crippen molar-refractivity contribution in [2.24, 2.45) is 17.0 Å². The Bertz CT molecular complexity index is 1190. The first-order valence-corrected chi connectivity index (χ1v) is 15.0. The summed E-state index contributed by atoms with van der Waals surface area (Å²) in [6.07, 6.45) is 3.85. The van der Waals surface area contributed by atoms with Crippen LogP contribution < -0.4 is 29.6 Å². The first kappa shape index (κ1) is 39.3. The van der Waals surface area contributed by atoms with E-state index in [0.29, 0.717) is 12.5 Å². The molecule has 1 aromatic carbocycles. The van der Waals surface area contributed by atoms with Crippen LogP contribution in [0.2, 0.25) is 0 Å². The second-order valence-electron chi connectivity index (χ2n) is 8.17. The quantitative estimate of drug-likeness (QED) is 0.0804. The molecule has 208 valence electrons. The zero-order chi connectivity index (χ0) is 27.5. The summed E-state index contributed by atoms with van der Waals surface area (Å²) in [6, 6.07) is 15.0. The number of azide groups is 1. The summed E-state index contributed by atoms with van der Waals surface area (Å²) in [5.41, 5.74) is 22.7. The van der Waals surface area contributed by atoms with Gasteiger partial charge in [-0.05, 0) is 72.2 Å². The molecule has 0 saturated heterocycles. The fourth-order valence-electron chi connectivity index (χ4n) is 3.20. The molecule has 0 amide bonds. The number of rotatable bonds is 12. The first-order valence-electron chi connectivity index (χ1n) is 11.8. The molecule has 0 aliphatic heterocycles. The summed E-state index contributed by atoms with van der Waals surface area (Å²) in [5, 5.41) is 7.72. The van der Waals surface area contributed by atoms with Gasteiger partial charge in [-0.3, -0.25) is 9.09 Å². The molecule has 2 unspecified atom stereocenters. The third-order valence-corrected chi connectivity index (χ3v) is 8.56. The van der Waals surface area contributed by atoms with E-state index in [0.717, 1.165) is 31.2 Å². The van der Waals surface area contributed by atoms with E-state index in [4.69, 9.17) is 20.8 Å². The Morgan fingerprint density at radius 2 is 1.38 bits per heavy atom. The molecule has 9 nitrogen and oxygen atoms in total. The standard InChI is InChI=1S/C16H20O3S2.C9H13N3S.CH4.N3.Na/c1-3-14(11-15-5-4-10-20-15)12-19-21(17,18)16-8-6-13(2)7-9-16;1-2-8(7-11-12-10)6-9-4-3-5-13-9;;1-3-2;/h4-10,14H,3,11-12H2,1-2H3;3-5,8H,2,6-7H2,1H3;1H4;;/q;;;-1;+1. The molecule has 3 rings (SSSR count). The maximum Gasteiger partial charge on any atom is 1.00 e. The maximum atomic E-state index is 12.1. The number of aryl methyl sites for hydroxylation is 1. The minimum Gasteiger partial charge on any atom is -0.373 e. The van der Waals surface area contributed by atoms with Gasteiger partial charge >= 0.3 is 29.6 Å². The van der Waals surface area contributed by atoms with Crippen LogP contribution >= 0.6 is 22.7 Å². The summed E-state index contributed by atoms with van der Waals surface area (Å²) >= 11 is 3.46. The Balaban J connectivity index is 0. The maximum absolute atomic E-state index is 12.1. The molecular weight excluding hydrogens is 564 g/mol. The average molecular weight is 601 g/mol. The zero-order valence-electron chi connectivity index (χ0n) is 22.3. The van der Waals surface area contributed by atoms with Gasteiger partial charge < -0.3 is 11.1 Å². The van der Waals surface area contributed by atoms with E-state index < -0.39 is 10.1 Å². The van der Waals surface area contributed by atoms with Gasteiger partial charge in [0.15, 0.2) is 0 Å². The van der Waals surface area contributed by atoms with Crippen molar-refractivity contribution < 1.29 is 42.2 Å². The van der Waals surface area contributed by atoms with E-state index in [2.05, 4.69) is 47.5 Å². The molecule has 0 spiro atoms. The molecule has 0 aliphatic carbocycles. The minimum atomic E-state index is -3.66. The largest absolute Gasteiger partial charge is 1.00 e. The molecule has 0 saturated carbocycles. The predicted molar refractivity (Wildman–Crippen MR) is 159 cm³/mol. The Labute approximate surface area is 263 Å². The van der Waals surface area contributed by atoms with Gasteiger partial charge in [-0.2, -0.15) is 8.42 Å². The van der Waals surface area contributed by atoms with Crippen LogP contribution in [0.3, 0.4) is 0 Å². The molecule has 0 bridgehead atoms. The van der Waals surface area contributed by atoms with E-state index in [1.165, 1.54) is 14.7 Å². The third kappa shape index (κ3) is 16.8. The molecular formula is C26H37N6NaO3S3. The van der Waals surface area contributed by atoms with E-state index >= 15 is 0 Å². The number of benzene rings is 1. The van der Waals surface area contributed by atoms with Crippen molar-refractivity contribution >= 4 is 32.8 Å². The second kappa shape index (κ2) is 22.9. The van der Waals surface area contributed by atoms with Crippen LogP contribution in [0.15, 0.2) is 69.3 Å². The van der Waals surface area contributed by atoms with Gasteiger partial charge in [-0.25, -0.2) is 0 Å². The molecule has 2 heterocycles. The number of nitrogens with zero attached hydrogens (tertiary/aromatic N) is 6. The SMILES string of the molecule is C.CCC(CN=[N+]=[N-])Cc1cccs1.CCC(COS(=O)(=O)c1ccc(C)cc1)Cc1cccs1.[N-]=[N+]=[N-].[Na+].